The first-order valence-corrected chi connectivity index (χ1v) is 10.5. The van der Waals surface area contributed by atoms with E-state index in [2.05, 4.69) is 34.6 Å². The lowest BCUT2D eigenvalue weighted by molar-refractivity contribution is -0.218. The van der Waals surface area contributed by atoms with E-state index in [0.29, 0.717) is 12.1 Å². The van der Waals surface area contributed by atoms with Gasteiger partial charge in [-0.2, -0.15) is 0 Å². The number of nitrogens with one attached hydrogen (secondary N) is 2. The molecule has 1 unspecified atom stereocenters. The molecule has 5 aliphatic heterocycles. The normalized spacial score (nSPS) is 50.1. The van der Waals surface area contributed by atoms with E-state index in [-0.39, 0.29) is 23.8 Å². The summed E-state index contributed by atoms with van der Waals surface area (Å²) in [4.78, 5) is 2.71. The van der Waals surface area contributed by atoms with E-state index in [4.69, 9.17) is 9.47 Å². The molecule has 2 spiro atoms. The van der Waals surface area contributed by atoms with Crippen LogP contribution in [0.4, 0.5) is 0 Å². The lowest BCUT2D eigenvalue weighted by atomic mass is 9.90. The average molecular weight is 348 g/mol. The van der Waals surface area contributed by atoms with E-state index in [1.165, 1.54) is 25.7 Å². The summed E-state index contributed by atoms with van der Waals surface area (Å²) in [6.45, 7) is 3.12. The van der Waals surface area contributed by atoms with Crippen molar-refractivity contribution in [2.45, 2.75) is 107 Å². The Morgan fingerprint density at radius 2 is 1.88 bits per heavy atom. The monoisotopic (exact) mass is 347 g/mol. The number of rotatable bonds is 1. The summed E-state index contributed by atoms with van der Waals surface area (Å²) in [6.07, 6.45) is 16.7. The van der Waals surface area contributed by atoms with Crippen LogP contribution in [0, 0.1) is 0 Å². The highest BCUT2D eigenvalue weighted by atomic mass is 16.5. The van der Waals surface area contributed by atoms with Crippen LogP contribution in [0.25, 0.3) is 0 Å². The van der Waals surface area contributed by atoms with Gasteiger partial charge in [-0.3, -0.25) is 15.5 Å². The Balaban J connectivity index is 1.41. The maximum absolute atomic E-state index is 6.66. The summed E-state index contributed by atoms with van der Waals surface area (Å²) in [7, 11) is 0. The molecule has 4 fully saturated rings. The number of allylic oxidation sites excluding steroid dienone is 1. The van der Waals surface area contributed by atoms with Gasteiger partial charge < -0.3 is 9.47 Å². The van der Waals surface area contributed by atoms with Crippen LogP contribution >= 0.6 is 0 Å². The zero-order valence-electron chi connectivity index (χ0n) is 15.5. The van der Waals surface area contributed by atoms with Crippen molar-refractivity contribution in [3.63, 3.8) is 0 Å². The Morgan fingerprint density at radius 3 is 2.64 bits per heavy atom. The van der Waals surface area contributed by atoms with Crippen LogP contribution in [0.1, 0.15) is 71.1 Å². The predicted molar refractivity (Wildman–Crippen MR) is 96.7 cm³/mol. The second-order valence-corrected chi connectivity index (χ2v) is 8.76. The molecule has 0 aromatic rings. The molecule has 4 saturated heterocycles. The Hall–Kier alpha value is -0.460. The van der Waals surface area contributed by atoms with Gasteiger partial charge in [0.25, 0.3) is 0 Å². The van der Waals surface area contributed by atoms with E-state index < -0.39 is 0 Å². The number of nitrogens with zero attached hydrogens (tertiary/aromatic N) is 1. The van der Waals surface area contributed by atoms with Crippen LogP contribution in [-0.2, 0) is 9.47 Å². The van der Waals surface area contributed by atoms with Gasteiger partial charge in [0.05, 0.1) is 6.10 Å². The first-order valence-electron chi connectivity index (χ1n) is 10.5. The number of ether oxygens (including phenoxy) is 2. The lowest BCUT2D eigenvalue weighted by Gasteiger charge is -2.58. The molecule has 0 aliphatic carbocycles. The zero-order valence-corrected chi connectivity index (χ0v) is 15.5. The minimum atomic E-state index is -0.189. The van der Waals surface area contributed by atoms with Gasteiger partial charge in [-0.05, 0) is 51.4 Å². The van der Waals surface area contributed by atoms with Crippen molar-refractivity contribution in [3.05, 3.63) is 12.2 Å². The van der Waals surface area contributed by atoms with E-state index in [0.717, 1.165) is 45.1 Å². The third-order valence-corrected chi connectivity index (χ3v) is 7.10. The third-order valence-electron chi connectivity index (χ3n) is 7.10. The number of hydrogen-bond donors (Lipinski definition) is 2. The summed E-state index contributed by atoms with van der Waals surface area (Å²) >= 11 is 0. The average Bonchev–Trinajstić information content (AvgIpc) is 2.90. The Bertz CT molecular complexity index is 533. The zero-order chi connectivity index (χ0) is 16.9. The highest BCUT2D eigenvalue weighted by Gasteiger charge is 2.56. The van der Waals surface area contributed by atoms with Gasteiger partial charge in [0, 0.05) is 31.5 Å². The van der Waals surface area contributed by atoms with Crippen LogP contribution in [0.5, 0.6) is 0 Å². The van der Waals surface area contributed by atoms with Gasteiger partial charge in [0.1, 0.15) is 17.7 Å². The minimum absolute atomic E-state index is 0.113. The summed E-state index contributed by atoms with van der Waals surface area (Å²) in [5.41, 5.74) is -0.303. The Kier molecular flexibility index (Phi) is 4.21. The van der Waals surface area contributed by atoms with E-state index in [9.17, 15) is 0 Å². The Morgan fingerprint density at radius 1 is 1.08 bits per heavy atom. The SMILES string of the molecule is CC[C@H]1C=CCC[C@@]2(C[C@@H]3CC[C@@H]4C[C@]5(CCCCO5)NC(N2)N43)O1. The van der Waals surface area contributed by atoms with Crippen LogP contribution in [-0.4, -0.2) is 47.4 Å². The van der Waals surface area contributed by atoms with Gasteiger partial charge >= 0.3 is 0 Å². The van der Waals surface area contributed by atoms with Crippen molar-refractivity contribution in [1.29, 1.82) is 0 Å². The van der Waals surface area contributed by atoms with Crippen molar-refractivity contribution in [1.82, 2.24) is 15.5 Å². The largest absolute Gasteiger partial charge is 0.360 e. The van der Waals surface area contributed by atoms with Gasteiger partial charge in [0.15, 0.2) is 0 Å². The second-order valence-electron chi connectivity index (χ2n) is 8.76. The third kappa shape index (κ3) is 2.88. The standard InChI is InChI=1S/C20H33N3O2/c1-2-17-7-3-4-11-20(25-17)14-16-9-8-15-13-19(10-5-6-12-24-19)21-18(22-20)23(15)16/h3,7,15-18,21-22H,2,4-6,8-14H2,1H3/t15-,16+,17+,18?,19-,20+/m1/s1. The molecular weight excluding hydrogens is 314 g/mol. The second kappa shape index (κ2) is 6.31. The number of hydrogen-bond acceptors (Lipinski definition) is 5. The lowest BCUT2D eigenvalue weighted by Crippen LogP contribution is -2.78. The maximum Gasteiger partial charge on any atom is 0.124 e. The Labute approximate surface area is 151 Å². The van der Waals surface area contributed by atoms with Crippen LogP contribution in [0.3, 0.4) is 0 Å². The fourth-order valence-electron chi connectivity index (χ4n) is 5.94. The minimum Gasteiger partial charge on any atom is -0.360 e. The van der Waals surface area contributed by atoms with Gasteiger partial charge in [-0.1, -0.05) is 19.1 Å². The molecule has 5 heterocycles. The first-order chi connectivity index (χ1) is 12.2. The van der Waals surface area contributed by atoms with E-state index >= 15 is 0 Å². The van der Waals surface area contributed by atoms with Gasteiger partial charge in [-0.15, -0.1) is 0 Å². The van der Waals surface area contributed by atoms with Crippen molar-refractivity contribution in [3.8, 4) is 0 Å². The smallest absolute Gasteiger partial charge is 0.124 e. The van der Waals surface area contributed by atoms with E-state index in [1.807, 2.05) is 0 Å². The van der Waals surface area contributed by atoms with Crippen LogP contribution < -0.4 is 10.6 Å². The molecule has 25 heavy (non-hydrogen) atoms. The first kappa shape index (κ1) is 16.7. The summed E-state index contributed by atoms with van der Waals surface area (Å²) in [6, 6.07) is 1.30. The van der Waals surface area contributed by atoms with Gasteiger partial charge in [-0.25, -0.2) is 0 Å². The molecule has 6 atom stereocenters. The van der Waals surface area contributed by atoms with Crippen molar-refractivity contribution < 1.29 is 9.47 Å². The molecule has 0 aromatic heterocycles. The topological polar surface area (TPSA) is 45.8 Å². The molecule has 5 rings (SSSR count). The van der Waals surface area contributed by atoms with E-state index in [1.54, 1.807) is 0 Å². The molecular formula is C20H33N3O2. The van der Waals surface area contributed by atoms with Crippen molar-refractivity contribution in [2.24, 2.45) is 0 Å². The quantitative estimate of drug-likeness (QED) is 0.714. The van der Waals surface area contributed by atoms with Crippen LogP contribution in [0.2, 0.25) is 0 Å². The van der Waals surface area contributed by atoms with Crippen molar-refractivity contribution in [2.75, 3.05) is 6.61 Å². The van der Waals surface area contributed by atoms with Gasteiger partial charge in [0.2, 0.25) is 0 Å². The summed E-state index contributed by atoms with van der Waals surface area (Å²) in [5, 5.41) is 7.81. The molecule has 0 radical (unpaired) electrons. The highest BCUT2D eigenvalue weighted by Crippen LogP contribution is 2.45. The fourth-order valence-corrected chi connectivity index (χ4v) is 5.94. The predicted octanol–water partition coefficient (Wildman–Crippen LogP) is 2.83. The molecule has 0 amide bonds. The molecule has 2 N–H and O–H groups in total. The molecule has 0 aromatic carbocycles. The van der Waals surface area contributed by atoms with Crippen molar-refractivity contribution >= 4 is 0 Å². The summed E-state index contributed by atoms with van der Waals surface area (Å²) in [5.74, 6) is 0. The molecule has 5 nitrogen and oxygen atoms in total. The highest BCUT2D eigenvalue weighted by molar-refractivity contribution is 5.09. The molecule has 0 saturated carbocycles. The molecule has 5 heteroatoms. The maximum atomic E-state index is 6.66. The molecule has 140 valence electrons. The fraction of sp³-hybridized carbons (Fsp3) is 0.900. The molecule has 5 aliphatic rings. The van der Waals surface area contributed by atoms with Crippen LogP contribution in [0.15, 0.2) is 12.2 Å². The molecule has 0 bridgehead atoms. The summed E-state index contributed by atoms with van der Waals surface area (Å²) < 4.78 is 13.0.